The number of carbonyl (C=O) groups is 3. The second-order valence-electron chi connectivity index (χ2n) is 16.5. The molecule has 2 atom stereocenters. The van der Waals surface area contributed by atoms with E-state index in [-0.39, 0.29) is 30.3 Å². The van der Waals surface area contributed by atoms with E-state index in [0.29, 0.717) is 106 Å². The predicted molar refractivity (Wildman–Crippen MR) is 272 cm³/mol. The molecule has 4 aromatic rings. The second-order valence-corrected chi connectivity index (χ2v) is 17.3. The molecule has 374 valence electrons. The van der Waals surface area contributed by atoms with Crippen molar-refractivity contribution in [1.82, 2.24) is 30.1 Å². The summed E-state index contributed by atoms with van der Waals surface area (Å²) in [5, 5.41) is 14.7. The number of anilines is 1. The van der Waals surface area contributed by atoms with Crippen LogP contribution in [0.1, 0.15) is 62.9 Å². The molecule has 69 heavy (non-hydrogen) atoms. The number of ether oxygens (including phenoxy) is 5. The summed E-state index contributed by atoms with van der Waals surface area (Å²) in [7, 11) is 2.08. The minimum absolute atomic E-state index is 0.166. The number of unbranched alkanes of at least 4 members (excludes halogenated alkanes) is 1. The van der Waals surface area contributed by atoms with Crippen LogP contribution >= 0.6 is 23.2 Å². The highest BCUT2D eigenvalue weighted by Crippen LogP contribution is 2.31. The van der Waals surface area contributed by atoms with E-state index in [4.69, 9.17) is 46.9 Å². The Balaban J connectivity index is 1.04. The number of benzene rings is 3. The lowest BCUT2D eigenvalue weighted by atomic mass is 9.99. The van der Waals surface area contributed by atoms with Gasteiger partial charge in [-0.1, -0.05) is 78.0 Å². The molecule has 0 fully saturated rings. The molecule has 4 rings (SSSR count). The lowest BCUT2D eigenvalue weighted by molar-refractivity contribution is -0.143. The molecular formula is C52H69Cl2N7O8. The third kappa shape index (κ3) is 20.5. The number of nitrogens with zero attached hydrogens (tertiary/aromatic N) is 5. The Hall–Kier alpha value is -5.55. The van der Waals surface area contributed by atoms with Crippen LogP contribution in [0, 0.1) is 0 Å². The molecule has 3 aromatic carbocycles. The summed E-state index contributed by atoms with van der Waals surface area (Å²) in [5.41, 5.74) is 3.90. The first kappa shape index (κ1) is 56.0. The van der Waals surface area contributed by atoms with E-state index >= 15 is 0 Å². The second kappa shape index (κ2) is 31.6. The van der Waals surface area contributed by atoms with Crippen molar-refractivity contribution < 1.29 is 38.1 Å². The highest BCUT2D eigenvalue weighted by molar-refractivity contribution is 6.42. The largest absolute Gasteiger partial charge is 0.494 e. The van der Waals surface area contributed by atoms with Crippen molar-refractivity contribution in [3.05, 3.63) is 137 Å². The third-order valence-corrected chi connectivity index (χ3v) is 11.6. The summed E-state index contributed by atoms with van der Waals surface area (Å²) in [6.07, 6.45) is 10.9. The first-order valence-corrected chi connectivity index (χ1v) is 24.1. The van der Waals surface area contributed by atoms with Gasteiger partial charge in [0.15, 0.2) is 0 Å². The average molecular weight is 991 g/mol. The van der Waals surface area contributed by atoms with Crippen molar-refractivity contribution in [1.29, 1.82) is 0 Å². The zero-order chi connectivity index (χ0) is 49.8. The third-order valence-electron chi connectivity index (χ3n) is 10.9. The number of likely N-dealkylation sites (N-methyl/N-ethyl adjacent to an activating group) is 1. The summed E-state index contributed by atoms with van der Waals surface area (Å²) in [6, 6.07) is 18.3. The minimum Gasteiger partial charge on any atom is -0.494 e. The molecule has 3 amide bonds. The SMILES string of the molecule is C=C/C=C(\C=C)C(C)NC(=O)C(c1ccc(Cl)c(Cl)c1)N(C(=O)CCc1ccc(OCCCCN(C)CCOCCOCCc2cn(CCOCCOc3ccc(NC=O)cc3)nn2)cc1)C(C)C. The van der Waals surface area contributed by atoms with Crippen molar-refractivity contribution in [2.24, 2.45) is 0 Å². The van der Waals surface area contributed by atoms with Gasteiger partial charge in [0.05, 0.1) is 74.6 Å². The smallest absolute Gasteiger partial charge is 0.247 e. The maximum absolute atomic E-state index is 14.0. The van der Waals surface area contributed by atoms with Gasteiger partial charge in [-0.05, 0) is 119 Å². The standard InChI is InChI=1S/C52H69Cl2N7O8/c1-7-11-42(8-2)40(5)56-52(64)51(43-15-22-48(53)49(54)36-43)61(39(3)4)50(63)23-14-41-12-18-46(19-13-41)68-28-10-9-25-59(6)26-30-66-33-32-65-29-24-45-37-60(58-57-45)27-31-67-34-35-69-47-20-16-44(17-21-47)55-38-62/h7-8,11-13,15-22,36-40,51H,1-2,9-10,14,23-35H2,3-6H3,(H,55,62)(H,56,64)/b42-11+. The Labute approximate surface area is 417 Å². The molecule has 0 saturated carbocycles. The molecule has 17 heteroatoms. The maximum Gasteiger partial charge on any atom is 0.247 e. The van der Waals surface area contributed by atoms with Crippen molar-refractivity contribution >= 4 is 47.1 Å². The highest BCUT2D eigenvalue weighted by atomic mass is 35.5. The molecule has 0 spiro atoms. The van der Waals surface area contributed by atoms with Gasteiger partial charge >= 0.3 is 0 Å². The van der Waals surface area contributed by atoms with Crippen molar-refractivity contribution in [3.8, 4) is 11.5 Å². The van der Waals surface area contributed by atoms with E-state index < -0.39 is 6.04 Å². The molecule has 2 unspecified atom stereocenters. The molecule has 0 aliphatic carbocycles. The minimum atomic E-state index is -0.942. The van der Waals surface area contributed by atoms with Gasteiger partial charge in [-0.2, -0.15) is 0 Å². The topological polar surface area (TPSA) is 159 Å². The van der Waals surface area contributed by atoms with Crippen molar-refractivity contribution in [2.75, 3.05) is 78.3 Å². The van der Waals surface area contributed by atoms with Gasteiger partial charge in [0.2, 0.25) is 18.2 Å². The van der Waals surface area contributed by atoms with Crippen LogP contribution < -0.4 is 20.1 Å². The van der Waals surface area contributed by atoms with E-state index in [1.54, 1.807) is 70.3 Å². The van der Waals surface area contributed by atoms with Crippen LogP contribution in [0.2, 0.25) is 10.0 Å². The number of amides is 3. The van der Waals surface area contributed by atoms with E-state index in [0.717, 1.165) is 48.5 Å². The lowest BCUT2D eigenvalue weighted by Gasteiger charge is -2.35. The zero-order valence-electron chi connectivity index (χ0n) is 40.5. The van der Waals surface area contributed by atoms with Gasteiger partial charge in [-0.25, -0.2) is 4.68 Å². The first-order valence-electron chi connectivity index (χ1n) is 23.4. The van der Waals surface area contributed by atoms with Crippen LogP contribution in [-0.2, 0) is 48.0 Å². The Morgan fingerprint density at radius 3 is 2.16 bits per heavy atom. The summed E-state index contributed by atoms with van der Waals surface area (Å²) in [6.45, 7) is 19.7. The summed E-state index contributed by atoms with van der Waals surface area (Å²) < 4.78 is 30.6. The highest BCUT2D eigenvalue weighted by Gasteiger charge is 2.34. The molecule has 2 N–H and O–H groups in total. The molecule has 1 aromatic heterocycles. The molecule has 0 bridgehead atoms. The Morgan fingerprint density at radius 2 is 1.48 bits per heavy atom. The fourth-order valence-electron chi connectivity index (χ4n) is 7.15. The molecule has 0 radical (unpaired) electrons. The van der Waals surface area contributed by atoms with Crippen LogP contribution in [0.3, 0.4) is 0 Å². The van der Waals surface area contributed by atoms with E-state index in [9.17, 15) is 14.4 Å². The van der Waals surface area contributed by atoms with E-state index in [1.165, 1.54) is 0 Å². The fourth-order valence-corrected chi connectivity index (χ4v) is 7.45. The summed E-state index contributed by atoms with van der Waals surface area (Å²) in [4.78, 5) is 42.3. The number of aromatic nitrogens is 3. The number of aryl methyl sites for hydroxylation is 1. The van der Waals surface area contributed by atoms with Crippen LogP contribution in [0.5, 0.6) is 11.5 Å². The predicted octanol–water partition coefficient (Wildman–Crippen LogP) is 8.33. The average Bonchev–Trinajstić information content (AvgIpc) is 3.80. The number of carbonyl (C=O) groups excluding carboxylic acids is 3. The number of halogens is 2. The van der Waals surface area contributed by atoms with Gasteiger partial charge in [0.1, 0.15) is 24.1 Å². The molecule has 0 aliphatic heterocycles. The maximum atomic E-state index is 14.0. The van der Waals surface area contributed by atoms with Crippen LogP contribution in [0.25, 0.3) is 0 Å². The first-order chi connectivity index (χ1) is 33.4. The normalized spacial score (nSPS) is 12.4. The van der Waals surface area contributed by atoms with Crippen LogP contribution in [-0.4, -0.2) is 128 Å². The number of allylic oxidation sites excluding steroid dienone is 2. The van der Waals surface area contributed by atoms with Gasteiger partial charge in [0, 0.05) is 37.3 Å². The van der Waals surface area contributed by atoms with E-state index in [1.807, 2.05) is 51.2 Å². The summed E-state index contributed by atoms with van der Waals surface area (Å²) in [5.74, 6) is 0.968. The molecule has 1 heterocycles. The van der Waals surface area contributed by atoms with Crippen LogP contribution in [0.15, 0.2) is 110 Å². The van der Waals surface area contributed by atoms with Gasteiger partial charge in [0.25, 0.3) is 0 Å². The fraction of sp³-hybridized carbons (Fsp3) is 0.442. The number of hydrogen-bond donors (Lipinski definition) is 2. The number of nitrogens with one attached hydrogen (secondary N) is 2. The number of rotatable bonds is 35. The van der Waals surface area contributed by atoms with Gasteiger partial charge in [-0.15, -0.1) is 5.10 Å². The van der Waals surface area contributed by atoms with Gasteiger partial charge < -0.3 is 44.1 Å². The van der Waals surface area contributed by atoms with Crippen molar-refractivity contribution in [2.45, 2.75) is 77.5 Å². The Morgan fingerprint density at radius 1 is 0.797 bits per heavy atom. The Bertz CT molecular complexity index is 2200. The van der Waals surface area contributed by atoms with Crippen LogP contribution in [0.4, 0.5) is 5.69 Å². The molecule has 15 nitrogen and oxygen atoms in total. The lowest BCUT2D eigenvalue weighted by Crippen LogP contribution is -2.49. The molecule has 0 aliphatic rings. The monoisotopic (exact) mass is 989 g/mol. The quantitative estimate of drug-likeness (QED) is 0.0259. The van der Waals surface area contributed by atoms with Crippen molar-refractivity contribution in [3.63, 3.8) is 0 Å². The molecule has 0 saturated heterocycles. The van der Waals surface area contributed by atoms with Gasteiger partial charge in [-0.3, -0.25) is 14.4 Å². The number of hydrogen-bond acceptors (Lipinski definition) is 11. The Kier molecular flexibility index (Phi) is 25.6. The van der Waals surface area contributed by atoms with E-state index in [2.05, 4.69) is 46.1 Å². The molecular weight excluding hydrogens is 922 g/mol. The summed E-state index contributed by atoms with van der Waals surface area (Å²) >= 11 is 12.6. The zero-order valence-corrected chi connectivity index (χ0v) is 42.0.